The van der Waals surface area contributed by atoms with Crippen molar-refractivity contribution in [1.82, 2.24) is 10.2 Å². The third kappa shape index (κ3) is 2.64. The monoisotopic (exact) mass is 248 g/mol. The van der Waals surface area contributed by atoms with E-state index in [0.717, 1.165) is 24.0 Å². The van der Waals surface area contributed by atoms with Crippen molar-refractivity contribution in [3.8, 4) is 0 Å². The molecule has 2 heterocycles. The summed E-state index contributed by atoms with van der Waals surface area (Å²) in [4.78, 5) is 2.38. The maximum absolute atomic E-state index is 5.89. The Labute approximate surface area is 97.6 Å². The zero-order valence-corrected chi connectivity index (χ0v) is 10.4. The summed E-state index contributed by atoms with van der Waals surface area (Å²) >= 11 is 9.44. The molecule has 1 aromatic heterocycles. The second kappa shape index (κ2) is 4.86. The molecule has 1 aliphatic heterocycles. The molecule has 0 spiro atoms. The molecule has 1 aromatic rings. The predicted molar refractivity (Wildman–Crippen MR) is 64.5 cm³/mol. The highest BCUT2D eigenvalue weighted by Crippen LogP contribution is 2.33. The van der Waals surface area contributed by atoms with Gasteiger partial charge in [-0.1, -0.05) is 23.4 Å². The first-order valence-corrected chi connectivity index (χ1v) is 6.66. The molecule has 1 N–H and O–H groups in total. The Morgan fingerprint density at radius 3 is 3.14 bits per heavy atom. The first kappa shape index (κ1) is 10.8. The molecule has 2 nitrogen and oxygen atoms in total. The first-order chi connectivity index (χ1) is 6.75. The van der Waals surface area contributed by atoms with Gasteiger partial charge >= 0.3 is 0 Å². The Balaban J connectivity index is 1.95. The Morgan fingerprint density at radius 2 is 2.50 bits per heavy atom. The van der Waals surface area contributed by atoms with Gasteiger partial charge < -0.3 is 5.32 Å². The minimum atomic E-state index is 0.540. The van der Waals surface area contributed by atoms with Gasteiger partial charge in [0.2, 0.25) is 0 Å². The van der Waals surface area contributed by atoms with Crippen molar-refractivity contribution < 1.29 is 0 Å². The molecule has 1 aliphatic rings. The van der Waals surface area contributed by atoms with Crippen molar-refractivity contribution >= 4 is 34.7 Å². The van der Waals surface area contributed by atoms with E-state index in [1.54, 1.807) is 11.3 Å². The van der Waals surface area contributed by atoms with E-state index in [1.807, 2.05) is 17.8 Å². The highest BCUT2D eigenvalue weighted by atomic mass is 35.5. The lowest BCUT2D eigenvalue weighted by Gasteiger charge is -2.32. The molecule has 1 saturated heterocycles. The fraction of sp³-hybridized carbons (Fsp3) is 0.556. The van der Waals surface area contributed by atoms with Gasteiger partial charge in [-0.05, 0) is 19.2 Å². The van der Waals surface area contributed by atoms with E-state index < -0.39 is 0 Å². The second-order valence-electron chi connectivity index (χ2n) is 3.32. The lowest BCUT2D eigenvalue weighted by atomic mass is 10.4. The standard InChI is InChI=1S/C9H13ClN2S2/c1-12-5-4-11-6-8(12)14-9-3-2-7(10)13-9/h2-3,8,11H,4-6H2,1H3. The molecule has 5 heteroatoms. The van der Waals surface area contributed by atoms with Crippen LogP contribution in [0.5, 0.6) is 0 Å². The van der Waals surface area contributed by atoms with E-state index in [1.165, 1.54) is 4.21 Å². The molecular weight excluding hydrogens is 236 g/mol. The van der Waals surface area contributed by atoms with Gasteiger partial charge in [-0.25, -0.2) is 0 Å². The zero-order chi connectivity index (χ0) is 9.97. The van der Waals surface area contributed by atoms with Gasteiger partial charge in [-0.2, -0.15) is 0 Å². The van der Waals surface area contributed by atoms with Gasteiger partial charge in [0.25, 0.3) is 0 Å². The van der Waals surface area contributed by atoms with E-state index in [2.05, 4.69) is 23.3 Å². The molecule has 2 rings (SSSR count). The number of nitrogens with one attached hydrogen (secondary N) is 1. The fourth-order valence-electron chi connectivity index (χ4n) is 1.41. The van der Waals surface area contributed by atoms with Crippen LogP contribution in [-0.2, 0) is 0 Å². The molecule has 0 amide bonds. The van der Waals surface area contributed by atoms with Crippen molar-refractivity contribution in [1.29, 1.82) is 0 Å². The Kier molecular flexibility index (Phi) is 3.73. The van der Waals surface area contributed by atoms with Crippen LogP contribution in [0.3, 0.4) is 0 Å². The van der Waals surface area contributed by atoms with Gasteiger partial charge in [0.1, 0.15) is 0 Å². The third-order valence-electron chi connectivity index (χ3n) is 2.25. The van der Waals surface area contributed by atoms with Crippen LogP contribution in [0.15, 0.2) is 16.3 Å². The topological polar surface area (TPSA) is 15.3 Å². The largest absolute Gasteiger partial charge is 0.313 e. The highest BCUT2D eigenvalue weighted by molar-refractivity contribution is 8.01. The number of hydrogen-bond acceptors (Lipinski definition) is 4. The lowest BCUT2D eigenvalue weighted by Crippen LogP contribution is -2.47. The summed E-state index contributed by atoms with van der Waals surface area (Å²) in [7, 11) is 2.17. The van der Waals surface area contributed by atoms with Crippen molar-refractivity contribution in [3.63, 3.8) is 0 Å². The summed E-state index contributed by atoms with van der Waals surface area (Å²) < 4.78 is 2.18. The molecule has 0 saturated carbocycles. The minimum Gasteiger partial charge on any atom is -0.313 e. The van der Waals surface area contributed by atoms with E-state index in [4.69, 9.17) is 11.6 Å². The van der Waals surface area contributed by atoms with Crippen molar-refractivity contribution in [2.75, 3.05) is 26.7 Å². The number of rotatable bonds is 2. The number of nitrogens with zero attached hydrogens (tertiary/aromatic N) is 1. The van der Waals surface area contributed by atoms with Crippen LogP contribution in [0, 0.1) is 0 Å². The predicted octanol–water partition coefficient (Wildman–Crippen LogP) is 2.35. The zero-order valence-electron chi connectivity index (χ0n) is 8.00. The fourth-order valence-corrected chi connectivity index (χ4v) is 4.02. The van der Waals surface area contributed by atoms with Gasteiger partial charge in [-0.15, -0.1) is 11.3 Å². The smallest absolute Gasteiger partial charge is 0.0940 e. The highest BCUT2D eigenvalue weighted by Gasteiger charge is 2.19. The van der Waals surface area contributed by atoms with Crippen LogP contribution in [0.1, 0.15) is 0 Å². The van der Waals surface area contributed by atoms with Crippen molar-refractivity contribution in [2.24, 2.45) is 0 Å². The van der Waals surface area contributed by atoms with Crippen LogP contribution < -0.4 is 5.32 Å². The van der Waals surface area contributed by atoms with Gasteiger partial charge in [0, 0.05) is 19.6 Å². The average Bonchev–Trinajstić information content (AvgIpc) is 2.56. The average molecular weight is 249 g/mol. The Bertz CT molecular complexity index is 303. The quantitative estimate of drug-likeness (QED) is 0.865. The van der Waals surface area contributed by atoms with Crippen LogP contribution in [0.4, 0.5) is 0 Å². The van der Waals surface area contributed by atoms with E-state index in [-0.39, 0.29) is 0 Å². The van der Waals surface area contributed by atoms with Crippen LogP contribution >= 0.6 is 34.7 Å². The third-order valence-corrected chi connectivity index (χ3v) is 4.98. The maximum Gasteiger partial charge on any atom is 0.0940 e. The van der Waals surface area contributed by atoms with Crippen LogP contribution in [-0.4, -0.2) is 37.0 Å². The van der Waals surface area contributed by atoms with Gasteiger partial charge in [0.15, 0.2) is 0 Å². The molecule has 14 heavy (non-hydrogen) atoms. The summed E-state index contributed by atoms with van der Waals surface area (Å²) in [6.45, 7) is 3.27. The SMILES string of the molecule is CN1CCNCC1Sc1ccc(Cl)s1. The lowest BCUT2D eigenvalue weighted by molar-refractivity contribution is 0.266. The molecule has 0 aliphatic carbocycles. The van der Waals surface area contributed by atoms with E-state index >= 15 is 0 Å². The summed E-state index contributed by atoms with van der Waals surface area (Å²) in [6.07, 6.45) is 0. The number of piperazine rings is 1. The molecule has 0 bridgehead atoms. The van der Waals surface area contributed by atoms with Gasteiger partial charge in [0.05, 0.1) is 13.9 Å². The molecule has 1 atom stereocenters. The van der Waals surface area contributed by atoms with Crippen LogP contribution in [0.2, 0.25) is 4.34 Å². The number of thioether (sulfide) groups is 1. The van der Waals surface area contributed by atoms with E-state index in [9.17, 15) is 0 Å². The number of thiophene rings is 1. The molecule has 78 valence electrons. The first-order valence-electron chi connectivity index (χ1n) is 4.58. The normalized spacial score (nSPS) is 24.0. The summed E-state index contributed by atoms with van der Waals surface area (Å²) in [6, 6.07) is 4.06. The summed E-state index contributed by atoms with van der Waals surface area (Å²) in [5.74, 6) is 0. The van der Waals surface area contributed by atoms with Crippen molar-refractivity contribution in [2.45, 2.75) is 9.58 Å². The summed E-state index contributed by atoms with van der Waals surface area (Å²) in [5.41, 5.74) is 0. The van der Waals surface area contributed by atoms with Gasteiger partial charge in [-0.3, -0.25) is 4.90 Å². The number of hydrogen-bond donors (Lipinski definition) is 1. The summed E-state index contributed by atoms with van der Waals surface area (Å²) in [5, 5.41) is 3.94. The van der Waals surface area contributed by atoms with Crippen LogP contribution in [0.25, 0.3) is 0 Å². The van der Waals surface area contributed by atoms with E-state index in [0.29, 0.717) is 5.37 Å². The number of halogens is 1. The Morgan fingerprint density at radius 1 is 1.64 bits per heavy atom. The molecule has 1 unspecified atom stereocenters. The molecular formula is C9H13ClN2S2. The molecule has 0 radical (unpaired) electrons. The second-order valence-corrected chi connectivity index (χ2v) is 6.51. The Hall–Kier alpha value is 0.260. The maximum atomic E-state index is 5.89. The molecule has 0 aromatic carbocycles. The molecule has 1 fully saturated rings. The van der Waals surface area contributed by atoms with Crippen molar-refractivity contribution in [3.05, 3.63) is 16.5 Å². The minimum absolute atomic E-state index is 0.540. The number of likely N-dealkylation sites (N-methyl/N-ethyl adjacent to an activating group) is 1.